The van der Waals surface area contributed by atoms with E-state index in [0.29, 0.717) is 47.5 Å². The lowest BCUT2D eigenvalue weighted by molar-refractivity contribution is -0.0725. The van der Waals surface area contributed by atoms with Crippen molar-refractivity contribution in [2.75, 3.05) is 0 Å². The fraction of sp³-hybridized carbons (Fsp3) is 0.654. The van der Waals surface area contributed by atoms with Crippen molar-refractivity contribution in [3.63, 3.8) is 0 Å². The van der Waals surface area contributed by atoms with Crippen LogP contribution in [0.25, 0.3) is 11.0 Å². The quantitative estimate of drug-likeness (QED) is 0.722. The summed E-state index contributed by atoms with van der Waals surface area (Å²) in [4.78, 5) is 13.4. The number of ether oxygens (including phenoxy) is 2. The molecule has 0 amide bonds. The number of hydrogen-bond donors (Lipinski definition) is 2. The molecule has 3 unspecified atom stereocenters. The summed E-state index contributed by atoms with van der Waals surface area (Å²) in [5, 5.41) is 22.5. The van der Waals surface area contributed by atoms with Crippen molar-refractivity contribution in [2.45, 2.75) is 107 Å². The first-order valence-corrected chi connectivity index (χ1v) is 12.3. The third-order valence-electron chi connectivity index (χ3n) is 8.25. The maximum absolute atomic E-state index is 13.4. The van der Waals surface area contributed by atoms with Gasteiger partial charge in [0.15, 0.2) is 5.43 Å². The second kappa shape index (κ2) is 7.22. The summed E-state index contributed by atoms with van der Waals surface area (Å²) >= 11 is 0. The van der Waals surface area contributed by atoms with Crippen molar-refractivity contribution in [2.24, 2.45) is 0 Å². The largest absolute Gasteiger partial charge is 0.489 e. The predicted molar refractivity (Wildman–Crippen MR) is 119 cm³/mol. The van der Waals surface area contributed by atoms with Crippen molar-refractivity contribution in [1.82, 2.24) is 0 Å². The van der Waals surface area contributed by atoms with E-state index in [0.717, 1.165) is 56.9 Å². The topological polar surface area (TPSA) is 89.1 Å². The van der Waals surface area contributed by atoms with Crippen LogP contribution in [0, 0.1) is 0 Å². The van der Waals surface area contributed by atoms with E-state index in [-0.39, 0.29) is 23.6 Å². The molecule has 1 aliphatic heterocycles. The first kappa shape index (κ1) is 20.5. The highest BCUT2D eigenvalue weighted by Gasteiger charge is 2.50. The molecule has 6 nitrogen and oxygen atoms in total. The van der Waals surface area contributed by atoms with E-state index < -0.39 is 11.2 Å². The van der Waals surface area contributed by atoms with Crippen molar-refractivity contribution < 1.29 is 24.1 Å². The Hall–Kier alpha value is -2.05. The van der Waals surface area contributed by atoms with Gasteiger partial charge in [0.05, 0.1) is 11.7 Å². The number of aliphatic hydroxyl groups is 2. The highest BCUT2D eigenvalue weighted by atomic mass is 16.5. The molecule has 32 heavy (non-hydrogen) atoms. The molecule has 0 spiro atoms. The van der Waals surface area contributed by atoms with Crippen LogP contribution in [0.1, 0.15) is 94.8 Å². The van der Waals surface area contributed by atoms with Gasteiger partial charge in [0, 0.05) is 23.6 Å². The van der Waals surface area contributed by atoms with Gasteiger partial charge < -0.3 is 24.1 Å². The summed E-state index contributed by atoms with van der Waals surface area (Å²) in [7, 11) is 0. The molecule has 172 valence electrons. The normalized spacial score (nSPS) is 31.5. The van der Waals surface area contributed by atoms with Crippen LogP contribution in [0.2, 0.25) is 0 Å². The lowest BCUT2D eigenvalue weighted by atomic mass is 9.74. The van der Waals surface area contributed by atoms with Crippen LogP contribution in [-0.4, -0.2) is 28.0 Å². The second-order valence-electron chi connectivity index (χ2n) is 10.6. The zero-order chi connectivity index (χ0) is 22.1. The van der Waals surface area contributed by atoms with Crippen LogP contribution in [0.15, 0.2) is 21.3 Å². The Morgan fingerprint density at radius 3 is 2.50 bits per heavy atom. The molecule has 6 heteroatoms. The van der Waals surface area contributed by atoms with Crippen LogP contribution in [0.4, 0.5) is 0 Å². The van der Waals surface area contributed by atoms with Crippen LogP contribution in [0.5, 0.6) is 11.5 Å². The fourth-order valence-electron chi connectivity index (χ4n) is 6.51. The van der Waals surface area contributed by atoms with Gasteiger partial charge >= 0.3 is 0 Å². The van der Waals surface area contributed by atoms with Gasteiger partial charge in [-0.2, -0.15) is 0 Å². The highest BCUT2D eigenvalue weighted by molar-refractivity contribution is 5.88. The average Bonchev–Trinajstić information content (AvgIpc) is 3.48. The minimum absolute atomic E-state index is 0.00681. The zero-order valence-corrected chi connectivity index (χ0v) is 18.7. The summed E-state index contributed by atoms with van der Waals surface area (Å²) in [6.07, 6.45) is 9.43. The summed E-state index contributed by atoms with van der Waals surface area (Å²) in [6, 6.07) is 3.25. The zero-order valence-electron chi connectivity index (χ0n) is 18.7. The molecule has 1 aromatic carbocycles. The van der Waals surface area contributed by atoms with E-state index in [1.54, 1.807) is 6.07 Å². The first-order valence-electron chi connectivity index (χ1n) is 12.3. The molecule has 0 radical (unpaired) electrons. The van der Waals surface area contributed by atoms with Gasteiger partial charge in [-0.15, -0.1) is 0 Å². The SMILES string of the molecule is CC1(O)CCCC2c3c(cc4oc(C5(O)CCCC5)cc(=O)c4c3OC3CCCC3)OC21. The average molecular weight is 441 g/mol. The van der Waals surface area contributed by atoms with E-state index >= 15 is 0 Å². The van der Waals surface area contributed by atoms with Gasteiger partial charge in [0.25, 0.3) is 0 Å². The number of hydrogen-bond acceptors (Lipinski definition) is 6. The van der Waals surface area contributed by atoms with Gasteiger partial charge in [-0.3, -0.25) is 4.79 Å². The van der Waals surface area contributed by atoms with Crippen molar-refractivity contribution in [3.05, 3.63) is 33.7 Å². The minimum Gasteiger partial charge on any atom is -0.489 e. The van der Waals surface area contributed by atoms with Gasteiger partial charge in [-0.05, 0) is 77.6 Å². The third-order valence-corrected chi connectivity index (χ3v) is 8.25. The summed E-state index contributed by atoms with van der Waals surface area (Å²) in [5.41, 5.74) is -0.882. The Kier molecular flexibility index (Phi) is 4.64. The van der Waals surface area contributed by atoms with Crippen LogP contribution in [0.3, 0.4) is 0 Å². The smallest absolute Gasteiger partial charge is 0.196 e. The molecule has 0 bridgehead atoms. The Labute approximate surface area is 187 Å². The number of benzene rings is 1. The van der Waals surface area contributed by atoms with E-state index in [4.69, 9.17) is 13.9 Å². The van der Waals surface area contributed by atoms with E-state index in [1.165, 1.54) is 6.07 Å². The van der Waals surface area contributed by atoms with E-state index in [1.807, 2.05) is 6.92 Å². The summed E-state index contributed by atoms with van der Waals surface area (Å²) < 4.78 is 19.0. The molecular weight excluding hydrogens is 408 g/mol. The van der Waals surface area contributed by atoms with E-state index in [9.17, 15) is 15.0 Å². The lowest BCUT2D eigenvalue weighted by Gasteiger charge is -2.37. The monoisotopic (exact) mass is 440 g/mol. The molecule has 0 saturated heterocycles. The van der Waals surface area contributed by atoms with Gasteiger partial charge in [0.2, 0.25) is 0 Å². The molecule has 3 fully saturated rings. The van der Waals surface area contributed by atoms with Crippen LogP contribution >= 0.6 is 0 Å². The van der Waals surface area contributed by atoms with Crippen molar-refractivity contribution in [1.29, 1.82) is 0 Å². The molecule has 3 atom stereocenters. The summed E-state index contributed by atoms with van der Waals surface area (Å²) in [5.74, 6) is 1.55. The predicted octanol–water partition coefficient (Wildman–Crippen LogP) is 4.66. The van der Waals surface area contributed by atoms with Crippen LogP contribution in [-0.2, 0) is 5.60 Å². The number of rotatable bonds is 3. The Balaban J connectivity index is 1.55. The van der Waals surface area contributed by atoms with E-state index in [2.05, 4.69) is 0 Å². The van der Waals surface area contributed by atoms with Crippen molar-refractivity contribution in [3.8, 4) is 11.5 Å². The molecule has 2 aromatic rings. The second-order valence-corrected chi connectivity index (χ2v) is 10.6. The molecule has 4 aliphatic rings. The molecule has 2 N–H and O–H groups in total. The Morgan fingerprint density at radius 1 is 1.00 bits per heavy atom. The lowest BCUT2D eigenvalue weighted by Crippen LogP contribution is -2.47. The Bertz CT molecular complexity index is 1100. The molecule has 3 saturated carbocycles. The third kappa shape index (κ3) is 3.10. The molecule has 2 heterocycles. The maximum atomic E-state index is 13.4. The highest BCUT2D eigenvalue weighted by Crippen LogP contribution is 2.54. The van der Waals surface area contributed by atoms with Gasteiger partial charge in [0.1, 0.15) is 39.9 Å². The standard InChI is InChI=1S/C26H32O6/c1-25(28)10-6-9-16-21-18(32-24(16)25)14-19-22(23(21)30-15-7-2-3-8-15)17(27)13-20(31-19)26(29)11-4-5-12-26/h13-16,24,28-29H,2-12H2,1H3. The van der Waals surface area contributed by atoms with Crippen molar-refractivity contribution >= 4 is 11.0 Å². The molecule has 6 rings (SSSR count). The molecular formula is C26H32O6. The van der Waals surface area contributed by atoms with Crippen LogP contribution < -0.4 is 14.9 Å². The first-order chi connectivity index (χ1) is 15.4. The Morgan fingerprint density at radius 2 is 1.75 bits per heavy atom. The molecule has 1 aromatic heterocycles. The minimum atomic E-state index is -1.09. The fourth-order valence-corrected chi connectivity index (χ4v) is 6.51. The van der Waals surface area contributed by atoms with Gasteiger partial charge in [-0.1, -0.05) is 0 Å². The summed E-state index contributed by atoms with van der Waals surface area (Å²) in [6.45, 7) is 1.84. The van der Waals surface area contributed by atoms with Gasteiger partial charge in [-0.25, -0.2) is 0 Å². The number of fused-ring (bicyclic) bond motifs is 4. The molecule has 3 aliphatic carbocycles. The maximum Gasteiger partial charge on any atom is 0.196 e.